The molecule has 1 amide bonds. The number of fused-ring (bicyclic) bond motifs is 2. The molecule has 2 N–H and O–H groups in total. The average Bonchev–Trinajstić information content (AvgIpc) is 3.07. The van der Waals surface area contributed by atoms with Crippen molar-refractivity contribution < 1.29 is 19.0 Å². The Morgan fingerprint density at radius 1 is 1.12 bits per heavy atom. The van der Waals surface area contributed by atoms with Gasteiger partial charge in [0, 0.05) is 23.2 Å². The Hall–Kier alpha value is -3.48. The summed E-state index contributed by atoms with van der Waals surface area (Å²) in [4.78, 5) is 26.3. The van der Waals surface area contributed by atoms with Crippen LogP contribution in [0.25, 0.3) is 10.9 Å². The zero-order valence-corrected chi connectivity index (χ0v) is 13.1. The van der Waals surface area contributed by atoms with Crippen molar-refractivity contribution >= 4 is 22.5 Å². The molecule has 3 aromatic rings. The maximum Gasteiger partial charge on any atom is 0.262 e. The number of aromatic nitrogens is 1. The molecule has 0 saturated heterocycles. The summed E-state index contributed by atoms with van der Waals surface area (Å²) in [6.45, 7) is -0.0143. The van der Waals surface area contributed by atoms with E-state index >= 15 is 0 Å². The highest BCUT2D eigenvalue weighted by Crippen LogP contribution is 2.34. The number of carbonyl (C=O) groups is 1. The molecule has 0 unspecified atom stereocenters. The van der Waals surface area contributed by atoms with Gasteiger partial charge in [0.15, 0.2) is 18.1 Å². The first kappa shape index (κ1) is 15.1. The third kappa shape index (κ3) is 3.12. The van der Waals surface area contributed by atoms with Gasteiger partial charge in [-0.3, -0.25) is 9.59 Å². The van der Waals surface area contributed by atoms with Crippen LogP contribution >= 0.6 is 0 Å². The fourth-order valence-corrected chi connectivity index (χ4v) is 2.59. The number of H-pyrrole nitrogens is 1. The van der Waals surface area contributed by atoms with Crippen molar-refractivity contribution in [2.45, 2.75) is 0 Å². The second kappa shape index (κ2) is 6.20. The smallest absolute Gasteiger partial charge is 0.262 e. The van der Waals surface area contributed by atoms with Crippen LogP contribution in [0.5, 0.6) is 17.2 Å². The Morgan fingerprint density at radius 2 is 2.00 bits per heavy atom. The summed E-state index contributed by atoms with van der Waals surface area (Å²) in [5.74, 6) is 1.35. The molecule has 0 aliphatic carbocycles. The standard InChI is InChI=1S/C18H14N2O5/c21-16-7-4-11-2-1-3-14(18(11)20-16)23-9-17(22)19-12-5-6-13-15(8-12)25-10-24-13/h1-8H,9-10H2,(H,19,22)(H,20,21). The van der Waals surface area contributed by atoms with E-state index in [1.54, 1.807) is 36.4 Å². The highest BCUT2D eigenvalue weighted by molar-refractivity contribution is 5.92. The van der Waals surface area contributed by atoms with Gasteiger partial charge >= 0.3 is 0 Å². The normalized spacial score (nSPS) is 12.2. The maximum absolute atomic E-state index is 12.1. The Bertz CT molecular complexity index is 1010. The summed E-state index contributed by atoms with van der Waals surface area (Å²) in [5, 5.41) is 3.56. The van der Waals surface area contributed by atoms with E-state index in [1.807, 2.05) is 6.07 Å². The van der Waals surface area contributed by atoms with Crippen LogP contribution < -0.4 is 25.1 Å². The van der Waals surface area contributed by atoms with Gasteiger partial charge in [-0.2, -0.15) is 0 Å². The molecule has 1 aliphatic heterocycles. The number of hydrogen-bond acceptors (Lipinski definition) is 5. The maximum atomic E-state index is 12.1. The molecule has 0 bridgehead atoms. The molecule has 1 aromatic heterocycles. The number of aromatic amines is 1. The lowest BCUT2D eigenvalue weighted by molar-refractivity contribution is -0.118. The molecule has 7 nitrogen and oxygen atoms in total. The first-order chi connectivity index (χ1) is 12.2. The zero-order valence-electron chi connectivity index (χ0n) is 13.1. The molecular weight excluding hydrogens is 324 g/mol. The van der Waals surface area contributed by atoms with Gasteiger partial charge in [0.2, 0.25) is 12.4 Å². The quantitative estimate of drug-likeness (QED) is 0.762. The van der Waals surface area contributed by atoms with Crippen LogP contribution in [0, 0.1) is 0 Å². The monoisotopic (exact) mass is 338 g/mol. The molecule has 126 valence electrons. The summed E-state index contributed by atoms with van der Waals surface area (Å²) in [7, 11) is 0. The van der Waals surface area contributed by atoms with Crippen LogP contribution in [0.4, 0.5) is 5.69 Å². The molecule has 0 atom stereocenters. The number of pyridine rings is 1. The van der Waals surface area contributed by atoms with E-state index < -0.39 is 0 Å². The van der Waals surface area contributed by atoms with Crippen molar-refractivity contribution in [2.24, 2.45) is 0 Å². The zero-order chi connectivity index (χ0) is 17.2. The fourth-order valence-electron chi connectivity index (χ4n) is 2.59. The number of amides is 1. The lowest BCUT2D eigenvalue weighted by Gasteiger charge is -2.10. The lowest BCUT2D eigenvalue weighted by Crippen LogP contribution is -2.20. The summed E-state index contributed by atoms with van der Waals surface area (Å²) >= 11 is 0. The van der Waals surface area contributed by atoms with Crippen LogP contribution in [-0.2, 0) is 4.79 Å². The SMILES string of the molecule is O=C(COc1cccc2ccc(=O)[nH]c12)Nc1ccc2c(c1)OCO2. The van der Waals surface area contributed by atoms with Gasteiger partial charge in [0.1, 0.15) is 5.75 Å². The molecule has 1 aliphatic rings. The minimum absolute atomic E-state index is 0.176. The molecule has 7 heteroatoms. The van der Waals surface area contributed by atoms with E-state index in [0.29, 0.717) is 28.5 Å². The predicted octanol–water partition coefficient (Wildman–Crippen LogP) is 2.27. The van der Waals surface area contributed by atoms with Crippen molar-refractivity contribution in [3.8, 4) is 17.2 Å². The second-order valence-corrected chi connectivity index (χ2v) is 5.45. The molecule has 2 heterocycles. The number of carbonyl (C=O) groups excluding carboxylic acids is 1. The molecule has 0 spiro atoms. The summed E-state index contributed by atoms with van der Waals surface area (Å²) in [6, 6.07) is 13.6. The van der Waals surface area contributed by atoms with Crippen molar-refractivity contribution in [1.29, 1.82) is 0 Å². The lowest BCUT2D eigenvalue weighted by atomic mass is 10.2. The van der Waals surface area contributed by atoms with E-state index in [0.717, 1.165) is 5.39 Å². The Kier molecular flexibility index (Phi) is 3.74. The Morgan fingerprint density at radius 3 is 2.92 bits per heavy atom. The first-order valence-corrected chi connectivity index (χ1v) is 7.63. The molecule has 0 radical (unpaired) electrons. The van der Waals surface area contributed by atoms with Gasteiger partial charge in [-0.1, -0.05) is 12.1 Å². The summed E-state index contributed by atoms with van der Waals surface area (Å²) in [5.41, 5.74) is 0.920. The van der Waals surface area contributed by atoms with Gasteiger partial charge in [0.05, 0.1) is 5.52 Å². The highest BCUT2D eigenvalue weighted by atomic mass is 16.7. The number of ether oxygens (including phenoxy) is 3. The average molecular weight is 338 g/mol. The molecule has 2 aromatic carbocycles. The largest absolute Gasteiger partial charge is 0.482 e. The minimum atomic E-state index is -0.325. The number of para-hydroxylation sites is 1. The van der Waals surface area contributed by atoms with Crippen LogP contribution in [0.15, 0.2) is 53.3 Å². The van der Waals surface area contributed by atoms with Crippen LogP contribution in [0.3, 0.4) is 0 Å². The molecule has 0 fully saturated rings. The fraction of sp³-hybridized carbons (Fsp3) is 0.111. The van der Waals surface area contributed by atoms with Crippen molar-refractivity contribution in [3.05, 3.63) is 58.9 Å². The van der Waals surface area contributed by atoms with Gasteiger partial charge in [0.25, 0.3) is 5.91 Å². The minimum Gasteiger partial charge on any atom is -0.482 e. The highest BCUT2D eigenvalue weighted by Gasteiger charge is 2.14. The number of hydrogen-bond donors (Lipinski definition) is 2. The van der Waals surface area contributed by atoms with E-state index in [4.69, 9.17) is 14.2 Å². The van der Waals surface area contributed by atoms with Crippen LogP contribution in [0.2, 0.25) is 0 Å². The number of rotatable bonds is 4. The summed E-state index contributed by atoms with van der Waals surface area (Å²) in [6.07, 6.45) is 0. The van der Waals surface area contributed by atoms with Gasteiger partial charge in [-0.05, 0) is 24.3 Å². The number of benzene rings is 2. The van der Waals surface area contributed by atoms with Gasteiger partial charge in [-0.25, -0.2) is 0 Å². The topological polar surface area (TPSA) is 89.7 Å². The third-order valence-corrected chi connectivity index (χ3v) is 3.74. The third-order valence-electron chi connectivity index (χ3n) is 3.74. The molecule has 4 rings (SSSR count). The van der Waals surface area contributed by atoms with Crippen molar-refractivity contribution in [3.63, 3.8) is 0 Å². The van der Waals surface area contributed by atoms with E-state index in [2.05, 4.69) is 10.3 Å². The number of nitrogens with one attached hydrogen (secondary N) is 2. The van der Waals surface area contributed by atoms with E-state index in [-0.39, 0.29) is 24.9 Å². The molecular formula is C18H14N2O5. The van der Waals surface area contributed by atoms with Crippen molar-refractivity contribution in [1.82, 2.24) is 4.98 Å². The first-order valence-electron chi connectivity index (χ1n) is 7.63. The molecule has 0 saturated carbocycles. The molecule has 25 heavy (non-hydrogen) atoms. The number of anilines is 1. The van der Waals surface area contributed by atoms with Crippen LogP contribution in [0.1, 0.15) is 0 Å². The van der Waals surface area contributed by atoms with E-state index in [9.17, 15) is 9.59 Å². The van der Waals surface area contributed by atoms with E-state index in [1.165, 1.54) is 6.07 Å². The Labute approximate surface area is 142 Å². The Balaban J connectivity index is 1.45. The van der Waals surface area contributed by atoms with Crippen LogP contribution in [-0.4, -0.2) is 24.3 Å². The van der Waals surface area contributed by atoms with Gasteiger partial charge in [-0.15, -0.1) is 0 Å². The second-order valence-electron chi connectivity index (χ2n) is 5.45. The predicted molar refractivity (Wildman–Crippen MR) is 91.3 cm³/mol. The van der Waals surface area contributed by atoms with Crippen molar-refractivity contribution in [2.75, 3.05) is 18.7 Å². The van der Waals surface area contributed by atoms with Gasteiger partial charge < -0.3 is 24.5 Å². The summed E-state index contributed by atoms with van der Waals surface area (Å²) < 4.78 is 16.1.